The van der Waals surface area contributed by atoms with Crippen molar-refractivity contribution in [3.8, 4) is 0 Å². The minimum absolute atomic E-state index is 0.0166. The summed E-state index contributed by atoms with van der Waals surface area (Å²) >= 11 is 0. The van der Waals surface area contributed by atoms with Crippen molar-refractivity contribution in [2.24, 2.45) is 4.99 Å². The fourth-order valence-corrected chi connectivity index (χ4v) is 1.62. The minimum atomic E-state index is -6.78. The van der Waals surface area contributed by atoms with Crippen molar-refractivity contribution in [1.29, 1.82) is 0 Å². The topological polar surface area (TPSA) is 30.8 Å². The van der Waals surface area contributed by atoms with Crippen LogP contribution in [0, 0.1) is 0 Å². The maximum Gasteiger partial charge on any atom is 0.448 e. The van der Waals surface area contributed by atoms with Crippen molar-refractivity contribution < 1.29 is 62.2 Å². The number of nitrogens with zero attached hydrogens (tertiary/aromatic N) is 1. The number of alkyl halides is 12. The number of methoxy groups -OCH3 is 1. The van der Waals surface area contributed by atoms with Crippen molar-refractivity contribution in [3.05, 3.63) is 0 Å². The average molecular weight is 373 g/mol. The summed E-state index contributed by atoms with van der Waals surface area (Å²) in [5.41, 5.74) is -12.1. The average Bonchev–Trinajstić information content (AvgIpc) is 2.63. The Kier molecular flexibility index (Phi) is 4.09. The number of ether oxygens (including phenoxy) is 2. The van der Waals surface area contributed by atoms with E-state index in [0.29, 0.717) is 0 Å². The van der Waals surface area contributed by atoms with E-state index < -0.39 is 41.9 Å². The largest absolute Gasteiger partial charge is 0.482 e. The number of hydrogen-bond acceptors (Lipinski definition) is 3. The minimum Gasteiger partial charge on any atom is -0.482 e. The normalized spacial score (nSPS) is 22.0. The number of halogens is 12. The fraction of sp³-hybridized carbons (Fsp3) is 0.875. The molecule has 0 aromatic carbocycles. The van der Waals surface area contributed by atoms with Gasteiger partial charge in [-0.05, 0) is 0 Å². The molecule has 0 aliphatic carbocycles. The third-order valence-corrected chi connectivity index (χ3v) is 2.62. The standard InChI is InChI=1S/C8H3F12NO2/c1-22-2-3(5(9,10)11,6(12,13)14)23-4(21-2,7(15,16)17)8(18,19)20/h1H3. The summed E-state index contributed by atoms with van der Waals surface area (Å²) in [6.07, 6.45) is -27.1. The molecule has 0 aromatic heterocycles. The van der Waals surface area contributed by atoms with Gasteiger partial charge < -0.3 is 9.47 Å². The lowest BCUT2D eigenvalue weighted by Crippen LogP contribution is -2.67. The van der Waals surface area contributed by atoms with Crippen molar-refractivity contribution in [1.82, 2.24) is 0 Å². The van der Waals surface area contributed by atoms with Crippen LogP contribution in [0.3, 0.4) is 0 Å². The highest BCUT2D eigenvalue weighted by Gasteiger charge is 2.89. The zero-order valence-corrected chi connectivity index (χ0v) is 10.3. The summed E-state index contributed by atoms with van der Waals surface area (Å²) in [7, 11) is -0.0166. The van der Waals surface area contributed by atoms with E-state index in [-0.39, 0.29) is 7.11 Å². The van der Waals surface area contributed by atoms with Crippen LogP contribution in [-0.2, 0) is 9.47 Å². The van der Waals surface area contributed by atoms with Crippen LogP contribution in [0.15, 0.2) is 4.99 Å². The molecule has 0 aromatic rings. The molecular weight excluding hydrogens is 370 g/mol. The molecule has 1 heterocycles. The molecule has 15 heteroatoms. The van der Waals surface area contributed by atoms with Crippen LogP contribution in [0.2, 0.25) is 0 Å². The lowest BCUT2D eigenvalue weighted by Gasteiger charge is -2.37. The van der Waals surface area contributed by atoms with E-state index in [1.165, 1.54) is 4.99 Å². The monoisotopic (exact) mass is 373 g/mol. The second kappa shape index (κ2) is 4.80. The molecule has 0 saturated heterocycles. The van der Waals surface area contributed by atoms with Gasteiger partial charge in [0.1, 0.15) is 0 Å². The van der Waals surface area contributed by atoms with E-state index in [9.17, 15) is 52.7 Å². The van der Waals surface area contributed by atoms with Gasteiger partial charge in [0, 0.05) is 0 Å². The Labute approximate surface area is 117 Å². The molecule has 0 amide bonds. The molecule has 0 spiro atoms. The zero-order chi connectivity index (χ0) is 18.7. The molecule has 0 radical (unpaired) electrons. The molecule has 0 saturated carbocycles. The van der Waals surface area contributed by atoms with E-state index in [0.717, 1.165) is 0 Å². The first-order chi connectivity index (χ1) is 9.87. The van der Waals surface area contributed by atoms with Gasteiger partial charge in [0.05, 0.1) is 7.11 Å². The molecular formula is C8H3F12NO2. The number of hydrogen-bond donors (Lipinski definition) is 0. The van der Waals surface area contributed by atoms with E-state index >= 15 is 0 Å². The summed E-state index contributed by atoms with van der Waals surface area (Å²) in [6.45, 7) is 0. The first-order valence-electron chi connectivity index (χ1n) is 4.99. The van der Waals surface area contributed by atoms with E-state index in [1.54, 1.807) is 0 Å². The third kappa shape index (κ3) is 2.48. The zero-order valence-electron chi connectivity index (χ0n) is 10.3. The SMILES string of the molecule is COC1=NC(C(F)(F)F)(C(F)(F)F)OC1(C(F)(F)F)C(F)(F)F. The third-order valence-electron chi connectivity index (χ3n) is 2.62. The van der Waals surface area contributed by atoms with Crippen molar-refractivity contribution >= 4 is 5.90 Å². The first kappa shape index (κ1) is 19.6. The molecule has 0 fully saturated rings. The fourth-order valence-electron chi connectivity index (χ4n) is 1.62. The summed E-state index contributed by atoms with van der Waals surface area (Å²) in [6, 6.07) is 0. The van der Waals surface area contributed by atoms with Crippen molar-refractivity contribution in [2.75, 3.05) is 7.11 Å². The molecule has 1 aliphatic rings. The smallest absolute Gasteiger partial charge is 0.448 e. The van der Waals surface area contributed by atoms with Gasteiger partial charge in [-0.1, -0.05) is 0 Å². The maximum absolute atomic E-state index is 12.7. The quantitative estimate of drug-likeness (QED) is 0.606. The molecule has 0 unspecified atom stereocenters. The Hall–Kier alpha value is -1.41. The number of aliphatic imine (C=N–C) groups is 1. The van der Waals surface area contributed by atoms with E-state index in [4.69, 9.17) is 0 Å². The Morgan fingerprint density at radius 1 is 0.739 bits per heavy atom. The molecule has 23 heavy (non-hydrogen) atoms. The Bertz CT molecular complexity index is 467. The lowest BCUT2D eigenvalue weighted by atomic mass is 10.0. The highest BCUT2D eigenvalue weighted by Crippen LogP contribution is 2.59. The number of rotatable bonds is 0. The lowest BCUT2D eigenvalue weighted by molar-refractivity contribution is -0.438. The highest BCUT2D eigenvalue weighted by molar-refractivity contribution is 5.89. The van der Waals surface area contributed by atoms with Gasteiger partial charge in [-0.15, -0.1) is 0 Å². The van der Waals surface area contributed by atoms with E-state index in [2.05, 4.69) is 9.47 Å². The maximum atomic E-state index is 12.7. The predicted molar refractivity (Wildman–Crippen MR) is 45.2 cm³/mol. The van der Waals surface area contributed by atoms with Gasteiger partial charge in [-0.2, -0.15) is 57.7 Å². The van der Waals surface area contributed by atoms with E-state index in [1.807, 2.05) is 0 Å². The summed E-state index contributed by atoms with van der Waals surface area (Å²) in [5.74, 6) is -2.97. The first-order valence-corrected chi connectivity index (χ1v) is 4.99. The van der Waals surface area contributed by atoms with Crippen molar-refractivity contribution in [3.63, 3.8) is 0 Å². The molecule has 1 rings (SSSR count). The molecule has 136 valence electrons. The van der Waals surface area contributed by atoms with Crippen LogP contribution >= 0.6 is 0 Å². The molecule has 0 bridgehead atoms. The highest BCUT2D eigenvalue weighted by atomic mass is 19.4. The molecule has 0 N–H and O–H groups in total. The van der Waals surface area contributed by atoms with Gasteiger partial charge in [0.15, 0.2) is 0 Å². The van der Waals surface area contributed by atoms with Crippen LogP contribution in [0.4, 0.5) is 52.7 Å². The van der Waals surface area contributed by atoms with Crippen LogP contribution in [0.1, 0.15) is 0 Å². The predicted octanol–water partition coefficient (Wildman–Crippen LogP) is 3.75. The molecule has 3 nitrogen and oxygen atoms in total. The molecule has 0 atom stereocenters. The Morgan fingerprint density at radius 2 is 1.09 bits per heavy atom. The second-order valence-corrected chi connectivity index (χ2v) is 4.04. The van der Waals surface area contributed by atoms with Crippen LogP contribution < -0.4 is 0 Å². The van der Waals surface area contributed by atoms with Crippen LogP contribution in [-0.4, -0.2) is 49.0 Å². The van der Waals surface area contributed by atoms with Gasteiger partial charge >= 0.3 is 36.0 Å². The summed E-state index contributed by atoms with van der Waals surface area (Å²) in [4.78, 5) is 1.45. The van der Waals surface area contributed by atoms with Crippen LogP contribution in [0.25, 0.3) is 0 Å². The van der Waals surface area contributed by atoms with Gasteiger partial charge in [-0.3, -0.25) is 0 Å². The van der Waals surface area contributed by atoms with Gasteiger partial charge in [0.2, 0.25) is 5.90 Å². The Balaban J connectivity index is 3.81. The van der Waals surface area contributed by atoms with Gasteiger partial charge in [0.25, 0.3) is 0 Å². The molecule has 1 aliphatic heterocycles. The summed E-state index contributed by atoms with van der Waals surface area (Å²) in [5, 5.41) is 0. The van der Waals surface area contributed by atoms with Gasteiger partial charge in [-0.25, -0.2) is 0 Å². The summed E-state index contributed by atoms with van der Waals surface area (Å²) < 4.78 is 158. The Morgan fingerprint density at radius 3 is 1.26 bits per heavy atom. The van der Waals surface area contributed by atoms with Crippen molar-refractivity contribution in [2.45, 2.75) is 36.0 Å². The second-order valence-electron chi connectivity index (χ2n) is 4.04. The van der Waals surface area contributed by atoms with Crippen LogP contribution in [0.5, 0.6) is 0 Å².